The van der Waals surface area contributed by atoms with Crippen LogP contribution in [0.15, 0.2) is 54.7 Å². The van der Waals surface area contributed by atoms with Gasteiger partial charge in [-0.2, -0.15) is 0 Å². The number of hydrogen-bond acceptors (Lipinski definition) is 4. The van der Waals surface area contributed by atoms with Crippen LogP contribution in [0.4, 0.5) is 5.69 Å². The molecule has 0 N–H and O–H groups in total. The molecule has 1 fully saturated rings. The molecule has 1 aromatic heterocycles. The maximum atomic E-state index is 13.0. The van der Waals surface area contributed by atoms with E-state index in [1.165, 1.54) is 6.07 Å². The normalized spacial score (nSPS) is 14.2. The lowest BCUT2D eigenvalue weighted by Crippen LogP contribution is -2.40. The van der Waals surface area contributed by atoms with Gasteiger partial charge in [-0.25, -0.2) is 0 Å². The first-order valence-corrected chi connectivity index (χ1v) is 10.3. The molecule has 7 heteroatoms. The molecule has 7 nitrogen and oxygen atoms in total. The number of nitro groups is 1. The van der Waals surface area contributed by atoms with Crippen LogP contribution in [0.25, 0.3) is 10.9 Å². The van der Waals surface area contributed by atoms with E-state index >= 15 is 0 Å². The Morgan fingerprint density at radius 3 is 2.67 bits per heavy atom. The Bertz CT molecular complexity index is 1050. The summed E-state index contributed by atoms with van der Waals surface area (Å²) in [5.74, 6) is 0.0600. The summed E-state index contributed by atoms with van der Waals surface area (Å²) in [4.78, 5) is 25.5. The zero-order valence-corrected chi connectivity index (χ0v) is 16.8. The summed E-state index contributed by atoms with van der Waals surface area (Å²) >= 11 is 0. The molecule has 0 spiro atoms. The molecule has 0 radical (unpaired) electrons. The third-order valence-corrected chi connectivity index (χ3v) is 5.55. The quantitative estimate of drug-likeness (QED) is 0.336. The van der Waals surface area contributed by atoms with Gasteiger partial charge < -0.3 is 14.2 Å². The van der Waals surface area contributed by atoms with E-state index in [0.29, 0.717) is 26.3 Å². The number of aromatic nitrogens is 1. The Kier molecular flexibility index (Phi) is 6.09. The van der Waals surface area contributed by atoms with Gasteiger partial charge in [-0.05, 0) is 30.9 Å². The highest BCUT2D eigenvalue weighted by Gasteiger charge is 2.22. The van der Waals surface area contributed by atoms with Crippen LogP contribution in [0.3, 0.4) is 0 Å². The van der Waals surface area contributed by atoms with E-state index in [4.69, 9.17) is 4.74 Å². The Labute approximate surface area is 175 Å². The topological polar surface area (TPSA) is 77.6 Å². The minimum absolute atomic E-state index is 0.0600. The minimum atomic E-state index is -0.359. The standard InChI is InChI=1S/C23H25N3O4/c27-23(24-12-14-30-15-13-24)21-17-25(22-10-2-1-9-20(21)22)11-4-3-6-18-7-5-8-19(16-18)26(28)29/h1-2,5,7-10,16-17H,3-4,6,11-15H2. The van der Waals surface area contributed by atoms with Crippen molar-refractivity contribution in [2.24, 2.45) is 0 Å². The van der Waals surface area contributed by atoms with Gasteiger partial charge in [0, 0.05) is 48.9 Å². The molecule has 156 valence electrons. The molecule has 3 aromatic rings. The lowest BCUT2D eigenvalue weighted by molar-refractivity contribution is -0.384. The largest absolute Gasteiger partial charge is 0.378 e. The highest BCUT2D eigenvalue weighted by Crippen LogP contribution is 2.24. The molecule has 0 unspecified atom stereocenters. The van der Waals surface area contributed by atoms with Gasteiger partial charge in [0.05, 0.1) is 23.7 Å². The highest BCUT2D eigenvalue weighted by molar-refractivity contribution is 6.07. The number of carbonyl (C=O) groups excluding carboxylic acids is 1. The van der Waals surface area contributed by atoms with Gasteiger partial charge in [0.1, 0.15) is 0 Å². The predicted octanol–water partition coefficient (Wildman–Crippen LogP) is 4.04. The van der Waals surface area contributed by atoms with Crippen LogP contribution in [0.5, 0.6) is 0 Å². The summed E-state index contributed by atoms with van der Waals surface area (Å²) < 4.78 is 7.51. The molecule has 0 bridgehead atoms. The fraction of sp³-hybridized carbons (Fsp3) is 0.348. The van der Waals surface area contributed by atoms with Crippen molar-refractivity contribution in [1.29, 1.82) is 0 Å². The lowest BCUT2D eigenvalue weighted by atomic mass is 10.1. The van der Waals surface area contributed by atoms with Gasteiger partial charge in [0.15, 0.2) is 0 Å². The third kappa shape index (κ3) is 4.36. The summed E-state index contributed by atoms with van der Waals surface area (Å²) in [6, 6.07) is 14.8. The minimum Gasteiger partial charge on any atom is -0.378 e. The zero-order chi connectivity index (χ0) is 20.9. The van der Waals surface area contributed by atoms with Crippen molar-refractivity contribution in [3.63, 3.8) is 0 Å². The molecule has 2 heterocycles. The molecular formula is C23H25N3O4. The second-order valence-corrected chi connectivity index (χ2v) is 7.54. The van der Waals surface area contributed by atoms with Gasteiger partial charge in [-0.15, -0.1) is 0 Å². The first-order valence-electron chi connectivity index (χ1n) is 10.3. The monoisotopic (exact) mass is 407 g/mol. The van der Waals surface area contributed by atoms with Crippen LogP contribution in [0, 0.1) is 10.1 Å². The van der Waals surface area contributed by atoms with Gasteiger partial charge in [0.2, 0.25) is 0 Å². The maximum Gasteiger partial charge on any atom is 0.269 e. The fourth-order valence-corrected chi connectivity index (χ4v) is 3.98. The first-order chi connectivity index (χ1) is 14.6. The first kappa shape index (κ1) is 20.1. The van der Waals surface area contributed by atoms with Crippen molar-refractivity contribution < 1.29 is 14.5 Å². The molecule has 0 atom stereocenters. The van der Waals surface area contributed by atoms with Crippen molar-refractivity contribution in [1.82, 2.24) is 9.47 Å². The van der Waals surface area contributed by atoms with Crippen LogP contribution in [0.1, 0.15) is 28.8 Å². The molecule has 1 aliphatic heterocycles. The SMILES string of the molecule is O=C(c1cn(CCCCc2cccc([N+](=O)[O-])c2)c2ccccc12)N1CCOCC1. The smallest absolute Gasteiger partial charge is 0.269 e. The van der Waals surface area contributed by atoms with E-state index in [2.05, 4.69) is 4.57 Å². The van der Waals surface area contributed by atoms with Crippen molar-refractivity contribution in [2.45, 2.75) is 25.8 Å². The molecule has 0 aliphatic carbocycles. The second kappa shape index (κ2) is 9.09. The average molecular weight is 407 g/mol. The van der Waals surface area contributed by atoms with Crippen molar-refractivity contribution >= 4 is 22.5 Å². The van der Waals surface area contributed by atoms with Crippen LogP contribution in [0.2, 0.25) is 0 Å². The molecule has 30 heavy (non-hydrogen) atoms. The number of fused-ring (bicyclic) bond motifs is 1. The van der Waals surface area contributed by atoms with Crippen LogP contribution in [-0.4, -0.2) is 46.6 Å². The van der Waals surface area contributed by atoms with E-state index in [1.807, 2.05) is 41.4 Å². The van der Waals surface area contributed by atoms with E-state index in [-0.39, 0.29) is 16.5 Å². The lowest BCUT2D eigenvalue weighted by Gasteiger charge is -2.26. The molecule has 2 aromatic carbocycles. The molecular weight excluding hydrogens is 382 g/mol. The maximum absolute atomic E-state index is 13.0. The number of ether oxygens (including phenoxy) is 1. The van der Waals surface area contributed by atoms with Gasteiger partial charge >= 0.3 is 0 Å². The Morgan fingerprint density at radius 2 is 1.87 bits per heavy atom. The number of hydrogen-bond donors (Lipinski definition) is 0. The molecule has 1 amide bonds. The summed E-state index contributed by atoms with van der Waals surface area (Å²) in [6.07, 6.45) is 4.60. The number of carbonyl (C=O) groups is 1. The van der Waals surface area contributed by atoms with Crippen LogP contribution >= 0.6 is 0 Å². The number of benzene rings is 2. The van der Waals surface area contributed by atoms with Gasteiger partial charge in [0.25, 0.3) is 11.6 Å². The Morgan fingerprint density at radius 1 is 1.07 bits per heavy atom. The number of nitro benzene ring substituents is 1. The summed E-state index contributed by atoms with van der Waals surface area (Å²) in [5.41, 5.74) is 2.91. The van der Waals surface area contributed by atoms with Crippen molar-refractivity contribution in [3.8, 4) is 0 Å². The highest BCUT2D eigenvalue weighted by atomic mass is 16.6. The van der Waals surface area contributed by atoms with E-state index in [1.54, 1.807) is 12.1 Å². The summed E-state index contributed by atoms with van der Waals surface area (Å²) in [5, 5.41) is 11.9. The van der Waals surface area contributed by atoms with Gasteiger partial charge in [-0.3, -0.25) is 14.9 Å². The Hall–Kier alpha value is -3.19. The number of amides is 1. The number of para-hydroxylation sites is 1. The fourth-order valence-electron chi connectivity index (χ4n) is 3.98. The molecule has 0 saturated carbocycles. The summed E-state index contributed by atoms with van der Waals surface area (Å²) in [7, 11) is 0. The number of unbranched alkanes of at least 4 members (excludes halogenated alkanes) is 1. The number of non-ortho nitro benzene ring substituents is 1. The number of aryl methyl sites for hydroxylation is 2. The summed E-state index contributed by atoms with van der Waals surface area (Å²) in [6.45, 7) is 3.22. The number of nitrogens with zero attached hydrogens (tertiary/aromatic N) is 3. The van der Waals surface area contributed by atoms with Crippen LogP contribution in [-0.2, 0) is 17.7 Å². The molecule has 4 rings (SSSR count). The third-order valence-electron chi connectivity index (χ3n) is 5.55. The number of morpholine rings is 1. The molecule has 1 saturated heterocycles. The molecule has 1 aliphatic rings. The van der Waals surface area contributed by atoms with E-state index in [9.17, 15) is 14.9 Å². The Balaban J connectivity index is 1.43. The average Bonchev–Trinajstić information content (AvgIpc) is 3.16. The van der Waals surface area contributed by atoms with E-state index < -0.39 is 0 Å². The van der Waals surface area contributed by atoms with Crippen molar-refractivity contribution in [2.75, 3.05) is 26.3 Å². The van der Waals surface area contributed by atoms with Gasteiger partial charge in [-0.1, -0.05) is 30.3 Å². The van der Waals surface area contributed by atoms with Crippen molar-refractivity contribution in [3.05, 3.63) is 76.0 Å². The number of rotatable bonds is 7. The second-order valence-electron chi connectivity index (χ2n) is 7.54. The van der Waals surface area contributed by atoms with Crippen LogP contribution < -0.4 is 0 Å². The van der Waals surface area contributed by atoms with E-state index in [0.717, 1.165) is 47.8 Å². The predicted molar refractivity (Wildman–Crippen MR) is 115 cm³/mol. The zero-order valence-electron chi connectivity index (χ0n) is 16.8.